The topological polar surface area (TPSA) is 40.5 Å². The van der Waals surface area contributed by atoms with Gasteiger partial charge in [0.25, 0.3) is 0 Å². The summed E-state index contributed by atoms with van der Waals surface area (Å²) in [6.45, 7) is 4.14. The number of hydrogen-bond acceptors (Lipinski definition) is 2. The van der Waals surface area contributed by atoms with Crippen LogP contribution in [0, 0.1) is 13.8 Å². The molecule has 2 N–H and O–H groups in total. The fraction of sp³-hybridized carbons (Fsp3) is 0.625. The van der Waals surface area contributed by atoms with E-state index in [4.69, 9.17) is 0 Å². The van der Waals surface area contributed by atoms with Crippen molar-refractivity contribution in [2.45, 2.75) is 64.1 Å². The molecule has 1 fully saturated rings. The highest BCUT2D eigenvalue weighted by molar-refractivity contribution is 5.34. The van der Waals surface area contributed by atoms with Crippen LogP contribution in [-0.2, 0) is 6.42 Å². The van der Waals surface area contributed by atoms with E-state index >= 15 is 0 Å². The molecule has 2 heteroatoms. The van der Waals surface area contributed by atoms with Gasteiger partial charge in [0, 0.05) is 6.42 Å². The van der Waals surface area contributed by atoms with E-state index in [1.165, 1.54) is 23.1 Å². The van der Waals surface area contributed by atoms with Crippen molar-refractivity contribution >= 4 is 0 Å². The molecule has 1 saturated carbocycles. The molecule has 1 atom stereocenters. The summed E-state index contributed by atoms with van der Waals surface area (Å²) in [6.07, 6.45) is 4.63. The second kappa shape index (κ2) is 5.41. The van der Waals surface area contributed by atoms with Gasteiger partial charge in [0.15, 0.2) is 0 Å². The molecule has 1 aliphatic rings. The first-order valence-corrected chi connectivity index (χ1v) is 6.98. The summed E-state index contributed by atoms with van der Waals surface area (Å²) in [5.74, 6) is 0. The zero-order chi connectivity index (χ0) is 13.2. The second-order valence-corrected chi connectivity index (χ2v) is 5.75. The quantitative estimate of drug-likeness (QED) is 0.863. The Labute approximate surface area is 110 Å². The van der Waals surface area contributed by atoms with Gasteiger partial charge >= 0.3 is 0 Å². The molecule has 0 heterocycles. The van der Waals surface area contributed by atoms with Crippen LogP contribution in [0.4, 0.5) is 0 Å². The molecule has 0 bridgehead atoms. The molecule has 2 rings (SSSR count). The molecule has 1 aromatic rings. The Morgan fingerprint density at radius 2 is 1.67 bits per heavy atom. The Morgan fingerprint density at radius 3 is 2.22 bits per heavy atom. The molecule has 2 nitrogen and oxygen atoms in total. The lowest BCUT2D eigenvalue weighted by Gasteiger charge is -2.36. The summed E-state index contributed by atoms with van der Waals surface area (Å²) < 4.78 is 0. The van der Waals surface area contributed by atoms with Gasteiger partial charge in [-0.15, -0.1) is 0 Å². The average Bonchev–Trinajstić information content (AvgIpc) is 2.34. The van der Waals surface area contributed by atoms with Crippen LogP contribution in [0.1, 0.15) is 48.8 Å². The lowest BCUT2D eigenvalue weighted by atomic mass is 9.78. The Kier molecular flexibility index (Phi) is 4.08. The molecule has 0 spiro atoms. The summed E-state index contributed by atoms with van der Waals surface area (Å²) in [4.78, 5) is 0. The highest BCUT2D eigenvalue weighted by Crippen LogP contribution is 2.33. The third kappa shape index (κ3) is 2.76. The summed E-state index contributed by atoms with van der Waals surface area (Å²) in [6, 6.07) is 6.18. The average molecular weight is 248 g/mol. The Bertz CT molecular complexity index is 385. The predicted molar refractivity (Wildman–Crippen MR) is 73.7 cm³/mol. The van der Waals surface area contributed by atoms with E-state index in [0.717, 1.165) is 25.7 Å². The van der Waals surface area contributed by atoms with Crippen molar-refractivity contribution in [1.29, 1.82) is 0 Å². The van der Waals surface area contributed by atoms with Gasteiger partial charge in [0.05, 0.1) is 11.7 Å². The maximum Gasteiger partial charge on any atom is 0.0908 e. The number of aryl methyl sites for hydroxylation is 2. The first-order chi connectivity index (χ1) is 8.53. The zero-order valence-electron chi connectivity index (χ0n) is 11.4. The van der Waals surface area contributed by atoms with E-state index in [-0.39, 0.29) is 0 Å². The Morgan fingerprint density at radius 1 is 1.11 bits per heavy atom. The Balaban J connectivity index is 2.13. The van der Waals surface area contributed by atoms with Crippen molar-refractivity contribution < 1.29 is 10.2 Å². The number of aliphatic hydroxyl groups is 2. The monoisotopic (exact) mass is 248 g/mol. The minimum atomic E-state index is -0.868. The molecule has 0 aliphatic heterocycles. The fourth-order valence-electron chi connectivity index (χ4n) is 3.05. The third-order valence-corrected chi connectivity index (χ3v) is 4.38. The van der Waals surface area contributed by atoms with E-state index in [1.54, 1.807) is 0 Å². The van der Waals surface area contributed by atoms with Gasteiger partial charge in [0.1, 0.15) is 0 Å². The van der Waals surface area contributed by atoms with E-state index < -0.39 is 11.7 Å². The first kappa shape index (κ1) is 13.6. The van der Waals surface area contributed by atoms with Gasteiger partial charge in [-0.1, -0.05) is 37.5 Å². The van der Waals surface area contributed by atoms with Gasteiger partial charge in [-0.05, 0) is 43.4 Å². The van der Waals surface area contributed by atoms with Crippen LogP contribution >= 0.6 is 0 Å². The smallest absolute Gasteiger partial charge is 0.0908 e. The van der Waals surface area contributed by atoms with Crippen molar-refractivity contribution in [2.75, 3.05) is 0 Å². The predicted octanol–water partition coefficient (Wildman–Crippen LogP) is 2.90. The number of aliphatic hydroxyl groups excluding tert-OH is 1. The Hall–Kier alpha value is -0.860. The SMILES string of the molecule is Cc1cccc(C)c1CC(O)C1(O)CCCCC1. The molecule has 0 aromatic heterocycles. The number of rotatable bonds is 3. The molecular formula is C16H24O2. The van der Waals surface area contributed by atoms with Crippen molar-refractivity contribution in [1.82, 2.24) is 0 Å². The summed E-state index contributed by atoms with van der Waals surface area (Å²) in [5, 5.41) is 20.9. The van der Waals surface area contributed by atoms with Crippen LogP contribution in [-0.4, -0.2) is 21.9 Å². The van der Waals surface area contributed by atoms with Crippen LogP contribution in [0.15, 0.2) is 18.2 Å². The summed E-state index contributed by atoms with van der Waals surface area (Å²) >= 11 is 0. The zero-order valence-corrected chi connectivity index (χ0v) is 11.4. The molecule has 0 amide bonds. The largest absolute Gasteiger partial charge is 0.390 e. The summed E-state index contributed by atoms with van der Waals surface area (Å²) in [5.41, 5.74) is 2.72. The van der Waals surface area contributed by atoms with Crippen LogP contribution in [0.25, 0.3) is 0 Å². The molecule has 1 aliphatic carbocycles. The minimum Gasteiger partial charge on any atom is -0.390 e. The molecule has 0 radical (unpaired) electrons. The van der Waals surface area contributed by atoms with Crippen molar-refractivity contribution in [3.63, 3.8) is 0 Å². The highest BCUT2D eigenvalue weighted by atomic mass is 16.3. The highest BCUT2D eigenvalue weighted by Gasteiger charge is 2.36. The molecule has 18 heavy (non-hydrogen) atoms. The number of hydrogen-bond donors (Lipinski definition) is 2. The fourth-order valence-corrected chi connectivity index (χ4v) is 3.05. The maximum absolute atomic E-state index is 10.5. The van der Waals surface area contributed by atoms with E-state index in [0.29, 0.717) is 6.42 Å². The van der Waals surface area contributed by atoms with Crippen molar-refractivity contribution in [3.8, 4) is 0 Å². The normalized spacial score (nSPS) is 20.7. The van der Waals surface area contributed by atoms with Gasteiger partial charge in [-0.25, -0.2) is 0 Å². The summed E-state index contributed by atoms with van der Waals surface area (Å²) in [7, 11) is 0. The standard InChI is InChI=1S/C16H24O2/c1-12-7-6-8-13(2)14(12)11-15(17)16(18)9-4-3-5-10-16/h6-8,15,17-18H,3-5,9-11H2,1-2H3. The van der Waals surface area contributed by atoms with Crippen LogP contribution < -0.4 is 0 Å². The van der Waals surface area contributed by atoms with Crippen LogP contribution in [0.2, 0.25) is 0 Å². The van der Waals surface area contributed by atoms with Gasteiger partial charge in [-0.3, -0.25) is 0 Å². The minimum absolute atomic E-state index is 0.564. The molecule has 1 unspecified atom stereocenters. The van der Waals surface area contributed by atoms with Gasteiger partial charge < -0.3 is 10.2 Å². The lowest BCUT2D eigenvalue weighted by molar-refractivity contribution is -0.0961. The van der Waals surface area contributed by atoms with Crippen molar-refractivity contribution in [3.05, 3.63) is 34.9 Å². The molecular weight excluding hydrogens is 224 g/mol. The lowest BCUT2D eigenvalue weighted by Crippen LogP contribution is -2.45. The second-order valence-electron chi connectivity index (χ2n) is 5.75. The van der Waals surface area contributed by atoms with E-state index in [1.807, 2.05) is 6.07 Å². The van der Waals surface area contributed by atoms with Crippen LogP contribution in [0.3, 0.4) is 0 Å². The van der Waals surface area contributed by atoms with E-state index in [2.05, 4.69) is 26.0 Å². The first-order valence-electron chi connectivity index (χ1n) is 6.98. The number of benzene rings is 1. The van der Waals surface area contributed by atoms with Crippen molar-refractivity contribution in [2.24, 2.45) is 0 Å². The molecule has 100 valence electrons. The molecule has 1 aromatic carbocycles. The van der Waals surface area contributed by atoms with Crippen LogP contribution in [0.5, 0.6) is 0 Å². The maximum atomic E-state index is 10.5. The van der Waals surface area contributed by atoms with Gasteiger partial charge in [0.2, 0.25) is 0 Å². The third-order valence-electron chi connectivity index (χ3n) is 4.38. The molecule has 0 saturated heterocycles. The van der Waals surface area contributed by atoms with Gasteiger partial charge in [-0.2, -0.15) is 0 Å². The van der Waals surface area contributed by atoms with E-state index in [9.17, 15) is 10.2 Å².